The van der Waals surface area contributed by atoms with Crippen LogP contribution < -0.4 is 5.73 Å². The van der Waals surface area contributed by atoms with Crippen molar-refractivity contribution < 1.29 is 23.1 Å². The summed E-state index contributed by atoms with van der Waals surface area (Å²) >= 11 is 0. The molecule has 1 aromatic carbocycles. The molecule has 0 bridgehead atoms. The summed E-state index contributed by atoms with van der Waals surface area (Å²) in [5.74, 6) is -2.69. The Morgan fingerprint density at radius 2 is 2.03 bits per heavy atom. The molecule has 188 valence electrons. The van der Waals surface area contributed by atoms with E-state index in [0.29, 0.717) is 13.0 Å². The fourth-order valence-electron chi connectivity index (χ4n) is 4.12. The van der Waals surface area contributed by atoms with E-state index in [-0.39, 0.29) is 18.5 Å². The third-order valence-corrected chi connectivity index (χ3v) is 5.42. The zero-order chi connectivity index (χ0) is 26.2. The molecule has 8 heteroatoms. The maximum Gasteiger partial charge on any atom is 0.328 e. The average Bonchev–Trinajstić information content (AvgIpc) is 2.75. The second-order valence-electron chi connectivity index (χ2n) is 8.94. The Balaban J connectivity index is 2.47. The van der Waals surface area contributed by atoms with Crippen LogP contribution in [0, 0.1) is 0 Å². The quantitative estimate of drug-likeness (QED) is 0.255. The minimum atomic E-state index is -1.50. The number of nitrogens with zero attached hydrogens (tertiary/aromatic N) is 2. The Bertz CT molecular complexity index is 1100. The van der Waals surface area contributed by atoms with Gasteiger partial charge < -0.3 is 10.8 Å². The average molecular weight is 488 g/mol. The maximum absolute atomic E-state index is 15.2. The molecule has 0 saturated carbocycles. The minimum absolute atomic E-state index is 0.0118. The van der Waals surface area contributed by atoms with Gasteiger partial charge in [-0.15, -0.1) is 0 Å². The van der Waals surface area contributed by atoms with Crippen molar-refractivity contribution in [2.24, 2.45) is 10.7 Å². The van der Waals surface area contributed by atoms with Gasteiger partial charge in [0, 0.05) is 56.7 Å². The summed E-state index contributed by atoms with van der Waals surface area (Å²) in [4.78, 5) is 16.7. The van der Waals surface area contributed by atoms with Crippen LogP contribution in [0.4, 0.5) is 13.2 Å². The number of halogens is 3. The smallest absolute Gasteiger partial charge is 0.328 e. The van der Waals surface area contributed by atoms with Crippen LogP contribution in [-0.2, 0) is 11.2 Å². The zero-order valence-electron chi connectivity index (χ0n) is 20.3. The van der Waals surface area contributed by atoms with E-state index in [9.17, 15) is 13.6 Å². The normalized spacial score (nSPS) is 18.3. The molecule has 0 saturated heterocycles. The molecular formula is C27H32F3N3O2. The van der Waals surface area contributed by atoms with Gasteiger partial charge in [-0.05, 0) is 60.8 Å². The fourth-order valence-corrected chi connectivity index (χ4v) is 4.12. The van der Waals surface area contributed by atoms with Crippen molar-refractivity contribution >= 4 is 17.8 Å². The molecule has 1 aliphatic rings. The van der Waals surface area contributed by atoms with Gasteiger partial charge in [0.05, 0.1) is 0 Å². The molecule has 35 heavy (non-hydrogen) atoms. The van der Waals surface area contributed by atoms with Gasteiger partial charge in [0.25, 0.3) is 0 Å². The predicted octanol–water partition coefficient (Wildman–Crippen LogP) is 5.63. The number of hydrogen-bond donors (Lipinski definition) is 2. The van der Waals surface area contributed by atoms with Crippen LogP contribution in [0.5, 0.6) is 0 Å². The molecule has 3 N–H and O–H groups in total. The first-order chi connectivity index (χ1) is 16.4. The topological polar surface area (TPSA) is 78.9 Å². The first kappa shape index (κ1) is 27.9. The minimum Gasteiger partial charge on any atom is -0.478 e. The van der Waals surface area contributed by atoms with Crippen molar-refractivity contribution in [3.63, 3.8) is 0 Å². The molecule has 0 unspecified atom stereocenters. The Morgan fingerprint density at radius 3 is 2.60 bits per heavy atom. The number of alkyl halides is 1. The van der Waals surface area contributed by atoms with Gasteiger partial charge in [-0.1, -0.05) is 24.8 Å². The largest absolute Gasteiger partial charge is 0.478 e. The molecular weight excluding hydrogens is 455 g/mol. The number of carbonyl (C=O) groups is 1. The van der Waals surface area contributed by atoms with Gasteiger partial charge in [-0.2, -0.15) is 0 Å². The monoisotopic (exact) mass is 487 g/mol. The van der Waals surface area contributed by atoms with Gasteiger partial charge in [-0.3, -0.25) is 9.89 Å². The molecule has 0 aromatic heterocycles. The summed E-state index contributed by atoms with van der Waals surface area (Å²) in [5, 5.41) is 8.85. The molecule has 1 heterocycles. The Kier molecular flexibility index (Phi) is 9.83. The summed E-state index contributed by atoms with van der Waals surface area (Å²) in [7, 11) is 1.65. The lowest BCUT2D eigenvalue weighted by molar-refractivity contribution is -0.131. The van der Waals surface area contributed by atoms with E-state index in [2.05, 4.69) is 11.6 Å². The van der Waals surface area contributed by atoms with E-state index in [1.165, 1.54) is 20.0 Å². The van der Waals surface area contributed by atoms with E-state index in [0.717, 1.165) is 46.6 Å². The molecule has 0 fully saturated rings. The van der Waals surface area contributed by atoms with Crippen LogP contribution in [0.2, 0.25) is 0 Å². The molecule has 2 rings (SSSR count). The highest BCUT2D eigenvalue weighted by molar-refractivity contribution is 6.09. The van der Waals surface area contributed by atoms with Crippen molar-refractivity contribution in [2.45, 2.75) is 38.4 Å². The number of benzene rings is 1. The lowest BCUT2D eigenvalue weighted by atomic mass is 9.87. The molecule has 0 aliphatic carbocycles. The highest BCUT2D eigenvalue weighted by Crippen LogP contribution is 2.37. The maximum atomic E-state index is 15.2. The number of aliphatic imine (C=N–C) groups is 1. The highest BCUT2D eigenvalue weighted by Gasteiger charge is 2.32. The van der Waals surface area contributed by atoms with Crippen LogP contribution in [0.1, 0.15) is 43.0 Å². The standard InChI is InChI=1S/C27H32F3N3O2/c1-18(28)11-19(5-8-26(34)35)12-23(29)14-25-24-7-6-20(22(15-31)16-32-4)13-21(24)9-10-33(25)17-27(2,3)30/h5-8,11-13,15-16,25H,1,9-10,14,17,31H2,2-4H3,(H,34,35)/b8-5+,19-11-,22-15?,23-12+,32-16?/t25-/m1/s1. The van der Waals surface area contributed by atoms with E-state index in [1.54, 1.807) is 13.3 Å². The number of nitrogens with two attached hydrogens (primary N) is 1. The van der Waals surface area contributed by atoms with Crippen LogP contribution in [0.3, 0.4) is 0 Å². The van der Waals surface area contributed by atoms with E-state index in [1.807, 2.05) is 23.1 Å². The van der Waals surface area contributed by atoms with Gasteiger partial charge in [0.15, 0.2) is 0 Å². The Labute approximate surface area is 204 Å². The van der Waals surface area contributed by atoms with Gasteiger partial charge in [-0.25, -0.2) is 18.0 Å². The van der Waals surface area contributed by atoms with Crippen LogP contribution in [-0.4, -0.2) is 48.0 Å². The number of hydrogen-bond acceptors (Lipinski definition) is 4. The Hall–Kier alpha value is -3.39. The number of fused-ring (bicyclic) bond motifs is 1. The van der Waals surface area contributed by atoms with E-state index in [4.69, 9.17) is 10.8 Å². The second kappa shape index (κ2) is 12.4. The van der Waals surface area contributed by atoms with Crippen molar-refractivity contribution in [2.75, 3.05) is 20.1 Å². The van der Waals surface area contributed by atoms with Crippen molar-refractivity contribution in [3.8, 4) is 0 Å². The van der Waals surface area contributed by atoms with Crippen LogP contribution in [0.15, 0.2) is 77.5 Å². The number of carboxylic acids is 1. The van der Waals surface area contributed by atoms with Gasteiger partial charge in [0.1, 0.15) is 17.3 Å². The first-order valence-corrected chi connectivity index (χ1v) is 11.2. The van der Waals surface area contributed by atoms with Crippen LogP contribution in [0.25, 0.3) is 5.57 Å². The zero-order valence-corrected chi connectivity index (χ0v) is 20.3. The molecule has 0 spiro atoms. The van der Waals surface area contributed by atoms with Crippen LogP contribution >= 0.6 is 0 Å². The second-order valence-corrected chi connectivity index (χ2v) is 8.94. The summed E-state index contributed by atoms with van der Waals surface area (Å²) in [6.45, 7) is 6.69. The van der Waals surface area contributed by atoms with Crippen molar-refractivity contribution in [3.05, 3.63) is 89.2 Å². The summed E-state index contributed by atoms with van der Waals surface area (Å²) in [6.07, 6.45) is 7.55. The summed E-state index contributed by atoms with van der Waals surface area (Å²) < 4.78 is 43.1. The molecule has 5 nitrogen and oxygen atoms in total. The molecule has 1 aliphatic heterocycles. The first-order valence-electron chi connectivity index (χ1n) is 11.2. The van der Waals surface area contributed by atoms with Crippen molar-refractivity contribution in [1.29, 1.82) is 0 Å². The molecule has 0 amide bonds. The lowest BCUT2D eigenvalue weighted by Crippen LogP contribution is -2.42. The molecule has 0 radical (unpaired) electrons. The fraction of sp³-hybridized carbons (Fsp3) is 0.333. The van der Waals surface area contributed by atoms with Crippen molar-refractivity contribution in [1.82, 2.24) is 4.90 Å². The molecule has 1 aromatic rings. The number of carboxylic acid groups (broad SMARTS) is 1. The Morgan fingerprint density at radius 1 is 1.31 bits per heavy atom. The molecule has 1 atom stereocenters. The number of rotatable bonds is 10. The predicted molar refractivity (Wildman–Crippen MR) is 135 cm³/mol. The highest BCUT2D eigenvalue weighted by atomic mass is 19.1. The summed E-state index contributed by atoms with van der Waals surface area (Å²) in [6, 6.07) is 5.27. The van der Waals surface area contributed by atoms with Gasteiger partial charge >= 0.3 is 5.97 Å². The van der Waals surface area contributed by atoms with E-state index >= 15 is 4.39 Å². The lowest BCUT2D eigenvalue weighted by Gasteiger charge is -2.39. The van der Waals surface area contributed by atoms with Gasteiger partial charge in [0.2, 0.25) is 0 Å². The SMILES string of the molecule is C=C(F)/C=C(/C=C/C(=O)O)\C=C(\F)C[C@@H]1c2ccc(C(C=NC)=CN)cc2CCN1CC(C)(C)F. The number of aliphatic carboxylic acids is 1. The third kappa shape index (κ3) is 8.72. The number of allylic oxidation sites excluding steroid dienone is 6. The van der Waals surface area contributed by atoms with E-state index < -0.39 is 29.3 Å². The summed E-state index contributed by atoms with van der Waals surface area (Å²) in [5.41, 5.74) is 7.73. The third-order valence-electron chi connectivity index (χ3n) is 5.42.